The first-order chi connectivity index (χ1) is 11.2. The molecule has 0 unspecified atom stereocenters. The van der Waals surface area contributed by atoms with Crippen molar-refractivity contribution in [2.24, 2.45) is 0 Å². The highest BCUT2D eigenvalue weighted by atomic mass is 32.1. The molecule has 0 atom stereocenters. The number of fused-ring (bicyclic) bond motifs is 1. The zero-order valence-corrected chi connectivity index (χ0v) is 13.3. The van der Waals surface area contributed by atoms with E-state index in [1.54, 1.807) is 12.4 Å². The third kappa shape index (κ3) is 2.55. The summed E-state index contributed by atoms with van der Waals surface area (Å²) in [7, 11) is 0. The molecule has 0 fully saturated rings. The summed E-state index contributed by atoms with van der Waals surface area (Å²) in [6, 6.07) is 14.4. The minimum absolute atomic E-state index is 0.566. The van der Waals surface area contributed by atoms with Crippen molar-refractivity contribution >= 4 is 27.5 Å². The fourth-order valence-corrected chi connectivity index (χ4v) is 3.48. The third-order valence-corrected chi connectivity index (χ3v) is 4.60. The molecule has 112 valence electrons. The van der Waals surface area contributed by atoms with Gasteiger partial charge in [-0.05, 0) is 30.7 Å². The van der Waals surface area contributed by atoms with E-state index in [1.807, 2.05) is 24.3 Å². The van der Waals surface area contributed by atoms with E-state index in [-0.39, 0.29) is 0 Å². The summed E-state index contributed by atoms with van der Waals surface area (Å²) >= 11 is 1.50. The van der Waals surface area contributed by atoms with Gasteiger partial charge in [0.25, 0.3) is 0 Å². The van der Waals surface area contributed by atoms with Gasteiger partial charge in [0, 0.05) is 18.0 Å². The second-order valence-corrected chi connectivity index (χ2v) is 6.39. The Hall–Kier alpha value is -2.79. The molecule has 4 aromatic rings. The van der Waals surface area contributed by atoms with E-state index in [0.717, 1.165) is 32.7 Å². The molecule has 2 aromatic heterocycles. The molecule has 4 nitrogen and oxygen atoms in total. The molecule has 0 amide bonds. The molecule has 0 saturated heterocycles. The van der Waals surface area contributed by atoms with Gasteiger partial charge in [0.15, 0.2) is 5.13 Å². The number of anilines is 1. The van der Waals surface area contributed by atoms with Crippen LogP contribution in [0.4, 0.5) is 5.13 Å². The van der Waals surface area contributed by atoms with Crippen LogP contribution in [-0.4, -0.2) is 15.0 Å². The summed E-state index contributed by atoms with van der Waals surface area (Å²) in [5.74, 6) is 0. The fraction of sp³-hybridized carbons (Fsp3) is 0.0556. The molecule has 0 bridgehead atoms. The Morgan fingerprint density at radius 2 is 1.74 bits per heavy atom. The van der Waals surface area contributed by atoms with Gasteiger partial charge in [-0.1, -0.05) is 41.2 Å². The van der Waals surface area contributed by atoms with Gasteiger partial charge < -0.3 is 5.73 Å². The Balaban J connectivity index is 1.91. The monoisotopic (exact) mass is 318 g/mol. The van der Waals surface area contributed by atoms with Crippen LogP contribution in [-0.2, 0) is 0 Å². The van der Waals surface area contributed by atoms with Crippen molar-refractivity contribution in [3.05, 3.63) is 60.4 Å². The maximum Gasteiger partial charge on any atom is 0.181 e. The number of aryl methyl sites for hydroxylation is 1. The molecule has 0 aliphatic heterocycles. The van der Waals surface area contributed by atoms with Crippen molar-refractivity contribution in [2.45, 2.75) is 6.92 Å². The van der Waals surface area contributed by atoms with Gasteiger partial charge in [0.2, 0.25) is 0 Å². The molecule has 0 aliphatic rings. The first-order valence-corrected chi connectivity index (χ1v) is 8.07. The minimum atomic E-state index is 0.566. The van der Waals surface area contributed by atoms with Crippen LogP contribution in [0.2, 0.25) is 0 Å². The van der Waals surface area contributed by atoms with Crippen molar-refractivity contribution in [1.82, 2.24) is 15.0 Å². The second kappa shape index (κ2) is 5.44. The molecule has 2 aromatic carbocycles. The zero-order chi connectivity index (χ0) is 15.8. The van der Waals surface area contributed by atoms with Crippen LogP contribution in [0, 0.1) is 6.92 Å². The Kier molecular flexibility index (Phi) is 3.28. The van der Waals surface area contributed by atoms with E-state index in [4.69, 9.17) is 5.73 Å². The molecular formula is C18H14N4S. The van der Waals surface area contributed by atoms with E-state index in [1.165, 1.54) is 16.9 Å². The number of nitrogen functional groups attached to an aromatic ring is 1. The summed E-state index contributed by atoms with van der Waals surface area (Å²) in [5, 5.41) is 0.566. The summed E-state index contributed by atoms with van der Waals surface area (Å²) < 4.78 is 0. The SMILES string of the molecule is Cc1cccc(-c2nc(N)sc2-c2ccc3nccnc3c2)c1. The van der Waals surface area contributed by atoms with Crippen molar-refractivity contribution in [3.63, 3.8) is 0 Å². The van der Waals surface area contributed by atoms with Crippen LogP contribution >= 0.6 is 11.3 Å². The standard InChI is InChI=1S/C18H14N4S/c1-11-3-2-4-12(9-11)16-17(23-18(19)22-16)13-5-6-14-15(10-13)21-8-7-20-14/h2-10H,1H3,(H2,19,22). The highest BCUT2D eigenvalue weighted by molar-refractivity contribution is 7.19. The van der Waals surface area contributed by atoms with Crippen molar-refractivity contribution < 1.29 is 0 Å². The first kappa shape index (κ1) is 13.8. The average molecular weight is 318 g/mol. The molecule has 4 rings (SSSR count). The van der Waals surface area contributed by atoms with E-state index >= 15 is 0 Å². The Labute approximate surface area is 137 Å². The van der Waals surface area contributed by atoms with Crippen LogP contribution in [0.1, 0.15) is 5.56 Å². The Bertz CT molecular complexity index is 1010. The van der Waals surface area contributed by atoms with Gasteiger partial charge in [-0.25, -0.2) is 4.98 Å². The highest BCUT2D eigenvalue weighted by Gasteiger charge is 2.14. The van der Waals surface area contributed by atoms with Crippen LogP contribution in [0.3, 0.4) is 0 Å². The van der Waals surface area contributed by atoms with Crippen LogP contribution in [0.25, 0.3) is 32.7 Å². The molecule has 2 heterocycles. The van der Waals surface area contributed by atoms with Gasteiger partial charge in [0.1, 0.15) is 0 Å². The smallest absolute Gasteiger partial charge is 0.181 e. The molecule has 0 spiro atoms. The predicted molar refractivity (Wildman–Crippen MR) is 95.2 cm³/mol. The lowest BCUT2D eigenvalue weighted by molar-refractivity contribution is 1.29. The maximum atomic E-state index is 5.98. The van der Waals surface area contributed by atoms with Crippen molar-refractivity contribution in [2.75, 3.05) is 5.73 Å². The van der Waals surface area contributed by atoms with Gasteiger partial charge in [0.05, 0.1) is 21.6 Å². The summed E-state index contributed by atoms with van der Waals surface area (Å²) in [4.78, 5) is 14.3. The predicted octanol–water partition coefficient (Wildman–Crippen LogP) is 4.31. The third-order valence-electron chi connectivity index (χ3n) is 3.67. The summed E-state index contributed by atoms with van der Waals surface area (Å²) in [6.45, 7) is 2.07. The van der Waals surface area contributed by atoms with E-state index in [2.05, 4.69) is 40.1 Å². The molecule has 0 radical (unpaired) electrons. The quantitative estimate of drug-likeness (QED) is 0.598. The van der Waals surface area contributed by atoms with Crippen LogP contribution in [0.15, 0.2) is 54.9 Å². The van der Waals surface area contributed by atoms with Crippen LogP contribution in [0.5, 0.6) is 0 Å². The summed E-state index contributed by atoms with van der Waals surface area (Å²) in [6.07, 6.45) is 3.40. The zero-order valence-electron chi connectivity index (χ0n) is 12.5. The molecule has 0 saturated carbocycles. The fourth-order valence-electron chi connectivity index (χ4n) is 2.62. The van der Waals surface area contributed by atoms with Gasteiger partial charge in [-0.2, -0.15) is 0 Å². The topological polar surface area (TPSA) is 64.7 Å². The molecular weight excluding hydrogens is 304 g/mol. The molecule has 0 aliphatic carbocycles. The van der Waals surface area contributed by atoms with E-state index in [9.17, 15) is 0 Å². The lowest BCUT2D eigenvalue weighted by Crippen LogP contribution is -1.86. The first-order valence-electron chi connectivity index (χ1n) is 7.25. The Morgan fingerprint density at radius 1 is 0.913 bits per heavy atom. The number of rotatable bonds is 2. The summed E-state index contributed by atoms with van der Waals surface area (Å²) in [5.41, 5.74) is 12.0. The molecule has 5 heteroatoms. The van der Waals surface area contributed by atoms with Gasteiger partial charge in [-0.15, -0.1) is 0 Å². The number of hydrogen-bond donors (Lipinski definition) is 1. The van der Waals surface area contributed by atoms with Crippen molar-refractivity contribution in [3.8, 4) is 21.7 Å². The average Bonchev–Trinajstić information content (AvgIpc) is 2.96. The number of nitrogens with zero attached hydrogens (tertiary/aromatic N) is 3. The maximum absolute atomic E-state index is 5.98. The number of thiazole rings is 1. The lowest BCUT2D eigenvalue weighted by atomic mass is 10.0. The van der Waals surface area contributed by atoms with Gasteiger partial charge >= 0.3 is 0 Å². The lowest BCUT2D eigenvalue weighted by Gasteiger charge is -2.05. The molecule has 23 heavy (non-hydrogen) atoms. The minimum Gasteiger partial charge on any atom is -0.375 e. The van der Waals surface area contributed by atoms with E-state index in [0.29, 0.717) is 5.13 Å². The van der Waals surface area contributed by atoms with Crippen LogP contribution < -0.4 is 5.73 Å². The van der Waals surface area contributed by atoms with Gasteiger partial charge in [-0.3, -0.25) is 9.97 Å². The normalized spacial score (nSPS) is 11.0. The number of benzene rings is 2. The van der Waals surface area contributed by atoms with E-state index < -0.39 is 0 Å². The largest absolute Gasteiger partial charge is 0.375 e. The second-order valence-electron chi connectivity index (χ2n) is 5.36. The Morgan fingerprint density at radius 3 is 2.57 bits per heavy atom. The molecule has 2 N–H and O–H groups in total. The highest BCUT2D eigenvalue weighted by Crippen LogP contribution is 2.38. The number of hydrogen-bond acceptors (Lipinski definition) is 5. The number of aromatic nitrogens is 3. The number of nitrogens with two attached hydrogens (primary N) is 1. The van der Waals surface area contributed by atoms with Crippen molar-refractivity contribution in [1.29, 1.82) is 0 Å².